The van der Waals surface area contributed by atoms with Gasteiger partial charge in [0, 0.05) is 25.9 Å². The fourth-order valence-corrected chi connectivity index (χ4v) is 5.83. The average Bonchev–Trinajstić information content (AvgIpc) is 3.10. The molecular weight excluding hydrogens is 664 g/mol. The number of nitrogens with two attached hydrogens (primary N) is 4. The molecule has 3 aromatic carbocycles. The number of rotatable bonds is 12. The molecule has 52 heavy (non-hydrogen) atoms. The second-order valence-corrected chi connectivity index (χ2v) is 12.6. The van der Waals surface area contributed by atoms with Crippen molar-refractivity contribution in [2.75, 3.05) is 13.1 Å². The second-order valence-electron chi connectivity index (χ2n) is 12.6. The lowest BCUT2D eigenvalue weighted by molar-refractivity contribution is -0.133. The van der Waals surface area contributed by atoms with E-state index in [2.05, 4.69) is 31.3 Å². The van der Waals surface area contributed by atoms with Crippen molar-refractivity contribution in [3.05, 3.63) is 90.0 Å². The molecule has 276 valence electrons. The van der Waals surface area contributed by atoms with Crippen LogP contribution >= 0.6 is 0 Å². The number of amides is 4. The number of nitrogens with zero attached hydrogens (tertiary/aromatic N) is 2. The molecule has 0 saturated heterocycles. The Bertz CT molecular complexity index is 1780. The van der Waals surface area contributed by atoms with Gasteiger partial charge in [0.15, 0.2) is 11.9 Å². The Labute approximate surface area is 302 Å². The summed E-state index contributed by atoms with van der Waals surface area (Å²) in [5.41, 5.74) is 23.6. The van der Waals surface area contributed by atoms with Crippen molar-refractivity contribution in [3.8, 4) is 5.75 Å². The molecule has 0 bridgehead atoms. The number of fused-ring (bicyclic) bond motifs is 1. The van der Waals surface area contributed by atoms with E-state index in [1.165, 1.54) is 12.1 Å². The average molecular weight is 713 g/mol. The van der Waals surface area contributed by atoms with E-state index in [-0.39, 0.29) is 56.4 Å². The summed E-state index contributed by atoms with van der Waals surface area (Å²) in [5.74, 6) is -2.26. The summed E-state index contributed by atoms with van der Waals surface area (Å²) in [6.07, 6.45) is 4.82. The van der Waals surface area contributed by atoms with Crippen LogP contribution in [0, 0.1) is 0 Å². The number of aromatic hydroxyl groups is 1. The van der Waals surface area contributed by atoms with Gasteiger partial charge in [-0.2, -0.15) is 0 Å². The Morgan fingerprint density at radius 3 is 1.83 bits per heavy atom. The van der Waals surface area contributed by atoms with Gasteiger partial charge < -0.3 is 49.3 Å². The highest BCUT2D eigenvalue weighted by Gasteiger charge is 2.30. The van der Waals surface area contributed by atoms with Crippen molar-refractivity contribution in [3.63, 3.8) is 0 Å². The zero-order valence-electron chi connectivity index (χ0n) is 29.0. The molecule has 15 nitrogen and oxygen atoms in total. The van der Waals surface area contributed by atoms with E-state index in [0.29, 0.717) is 24.8 Å². The number of benzene rings is 3. The maximum Gasteiger partial charge on any atom is 0.243 e. The molecule has 3 aromatic rings. The first-order valence-electron chi connectivity index (χ1n) is 17.2. The molecule has 0 fully saturated rings. The third kappa shape index (κ3) is 12.6. The van der Waals surface area contributed by atoms with Crippen LogP contribution in [0.15, 0.2) is 88.9 Å². The molecule has 0 aliphatic carbocycles. The zero-order valence-corrected chi connectivity index (χ0v) is 29.0. The normalized spacial score (nSPS) is 20.6. The van der Waals surface area contributed by atoms with Gasteiger partial charge in [0.2, 0.25) is 23.6 Å². The molecule has 1 heterocycles. The van der Waals surface area contributed by atoms with Crippen LogP contribution in [0.3, 0.4) is 0 Å². The summed E-state index contributed by atoms with van der Waals surface area (Å²) in [6, 6.07) is 16.5. The minimum absolute atomic E-state index is 0.0520. The Morgan fingerprint density at radius 1 is 0.654 bits per heavy atom. The van der Waals surface area contributed by atoms with Gasteiger partial charge >= 0.3 is 0 Å². The van der Waals surface area contributed by atoms with Gasteiger partial charge in [0.05, 0.1) is 6.04 Å². The van der Waals surface area contributed by atoms with Crippen molar-refractivity contribution in [2.45, 2.75) is 69.1 Å². The number of aliphatic imine (C=N–C) groups is 2. The summed E-state index contributed by atoms with van der Waals surface area (Å²) >= 11 is 0. The van der Waals surface area contributed by atoms with E-state index < -0.39 is 47.8 Å². The van der Waals surface area contributed by atoms with Gasteiger partial charge in [-0.05, 0) is 66.1 Å². The van der Waals surface area contributed by atoms with E-state index in [1.54, 1.807) is 24.3 Å². The zero-order chi connectivity index (χ0) is 37.5. The van der Waals surface area contributed by atoms with Crippen molar-refractivity contribution >= 4 is 46.3 Å². The fraction of sp³-hybridized carbons (Fsp3) is 0.351. The Balaban J connectivity index is 1.66. The topological polar surface area (TPSA) is 265 Å². The molecule has 4 atom stereocenters. The van der Waals surface area contributed by atoms with Gasteiger partial charge in [0.25, 0.3) is 0 Å². The molecule has 4 amide bonds. The lowest BCUT2D eigenvalue weighted by atomic mass is 10.0. The van der Waals surface area contributed by atoms with Crippen molar-refractivity contribution in [1.82, 2.24) is 21.3 Å². The molecule has 0 aromatic heterocycles. The maximum atomic E-state index is 13.9. The van der Waals surface area contributed by atoms with Crippen LogP contribution in [-0.2, 0) is 32.0 Å². The lowest BCUT2D eigenvalue weighted by Crippen LogP contribution is -2.57. The molecule has 0 spiro atoms. The van der Waals surface area contributed by atoms with E-state index in [9.17, 15) is 24.3 Å². The number of carbonyl (C=O) groups excluding carboxylic acids is 4. The van der Waals surface area contributed by atoms with Gasteiger partial charge in [-0.3, -0.25) is 29.2 Å². The van der Waals surface area contributed by atoms with Gasteiger partial charge in [-0.25, -0.2) is 0 Å². The highest BCUT2D eigenvalue weighted by Crippen LogP contribution is 2.18. The summed E-state index contributed by atoms with van der Waals surface area (Å²) in [4.78, 5) is 62.8. The van der Waals surface area contributed by atoms with Crippen LogP contribution in [0.25, 0.3) is 10.8 Å². The van der Waals surface area contributed by atoms with Crippen LogP contribution in [0.1, 0.15) is 43.2 Å². The summed E-state index contributed by atoms with van der Waals surface area (Å²) in [7, 11) is 0. The second kappa shape index (κ2) is 19.3. The molecule has 13 N–H and O–H groups in total. The van der Waals surface area contributed by atoms with Crippen LogP contribution in [0.4, 0.5) is 0 Å². The Morgan fingerprint density at radius 2 is 1.21 bits per heavy atom. The molecule has 1 aliphatic heterocycles. The molecular formula is C37H48N10O5. The van der Waals surface area contributed by atoms with Crippen molar-refractivity contribution in [1.29, 1.82) is 0 Å². The van der Waals surface area contributed by atoms with Gasteiger partial charge in [0.1, 0.15) is 23.9 Å². The number of hydrogen-bond acceptors (Lipinski definition) is 7. The minimum atomic E-state index is -1.11. The number of guanidine groups is 2. The van der Waals surface area contributed by atoms with Crippen molar-refractivity contribution < 1.29 is 24.3 Å². The predicted octanol–water partition coefficient (Wildman–Crippen LogP) is 0.337. The molecule has 1 aliphatic rings. The molecule has 15 heteroatoms. The summed E-state index contributed by atoms with van der Waals surface area (Å²) in [6.45, 7) is 0.425. The van der Waals surface area contributed by atoms with Gasteiger partial charge in [-0.1, -0.05) is 66.7 Å². The number of carbonyl (C=O) groups is 4. The Hall–Kier alpha value is -6.12. The van der Waals surface area contributed by atoms with E-state index in [1.807, 2.05) is 42.5 Å². The van der Waals surface area contributed by atoms with E-state index in [0.717, 1.165) is 16.3 Å². The monoisotopic (exact) mass is 712 g/mol. The number of phenolic OH excluding ortho intramolecular Hbond substituents is 1. The first-order chi connectivity index (χ1) is 25.0. The minimum Gasteiger partial charge on any atom is -0.508 e. The van der Waals surface area contributed by atoms with Gasteiger partial charge in [-0.15, -0.1) is 0 Å². The largest absolute Gasteiger partial charge is 0.508 e. The summed E-state index contributed by atoms with van der Waals surface area (Å²) < 4.78 is 0. The summed E-state index contributed by atoms with van der Waals surface area (Å²) in [5, 5.41) is 23.3. The Kier molecular flexibility index (Phi) is 14.4. The SMILES string of the molecule is NC(N)=NCCC[C@@H]1NC(=O)[C@H](CCCN=C(N)N)NC(=O)[C@@H](Cc2ccc(O)cc2)NC(=O)C/C=C/[C@H](Cc2ccc3ccccc3c2)NC1=O. The van der Waals surface area contributed by atoms with Crippen LogP contribution in [0.2, 0.25) is 0 Å². The molecule has 0 radical (unpaired) electrons. The number of nitrogens with one attached hydrogen (secondary N) is 4. The van der Waals surface area contributed by atoms with Crippen LogP contribution in [0.5, 0.6) is 5.75 Å². The predicted molar refractivity (Wildman–Crippen MR) is 201 cm³/mol. The van der Waals surface area contributed by atoms with E-state index in [4.69, 9.17) is 22.9 Å². The van der Waals surface area contributed by atoms with Crippen LogP contribution in [-0.4, -0.2) is 77.9 Å². The lowest BCUT2D eigenvalue weighted by Gasteiger charge is -2.26. The van der Waals surface area contributed by atoms with E-state index >= 15 is 0 Å². The van der Waals surface area contributed by atoms with Crippen molar-refractivity contribution in [2.24, 2.45) is 32.9 Å². The molecule has 0 saturated carbocycles. The highest BCUT2D eigenvalue weighted by atomic mass is 16.3. The molecule has 0 unspecified atom stereocenters. The molecule has 4 rings (SSSR count). The third-order valence-corrected chi connectivity index (χ3v) is 8.45. The number of hydrogen-bond donors (Lipinski definition) is 9. The maximum absolute atomic E-state index is 13.9. The third-order valence-electron chi connectivity index (χ3n) is 8.45. The fourth-order valence-electron chi connectivity index (χ4n) is 5.83. The first kappa shape index (κ1) is 38.7. The highest BCUT2D eigenvalue weighted by molar-refractivity contribution is 5.94. The quantitative estimate of drug-likeness (QED) is 0.0542. The first-order valence-corrected chi connectivity index (χ1v) is 17.2. The van der Waals surface area contributed by atoms with Crippen LogP contribution < -0.4 is 44.2 Å². The number of phenols is 1. The standard InChI is InChI=1S/C37H48N10O5/c38-36(39)42-18-4-9-29-33(50)44-27(21-24-12-15-25-6-1-2-7-26(25)20-24)8-3-11-32(49)45-31(22-23-13-16-28(48)17-14-23)35(52)47-30(34(51)46-29)10-5-19-43-37(40)41/h1-3,6-8,12-17,20,27,29-31,48H,4-5,9-11,18-19,21-22H2,(H,44,50)(H,45,49)(H,46,51)(H,47,52)(H4,38,39,42)(H4,40,41,43)/b8-3+/t27-,29+,30+,31-/m1/s1. The smallest absolute Gasteiger partial charge is 0.243 e.